The van der Waals surface area contributed by atoms with Crippen molar-refractivity contribution in [3.63, 3.8) is 0 Å². The first-order valence-electron chi connectivity index (χ1n) is 2.46. The van der Waals surface area contributed by atoms with Crippen molar-refractivity contribution in [3.05, 3.63) is 0 Å². The molecule has 0 bridgehead atoms. The number of aliphatic hydroxyl groups excluding tert-OH is 1. The average Bonchev–Trinajstić information content (AvgIpc) is 1.60. The molecule has 0 aromatic heterocycles. The summed E-state index contributed by atoms with van der Waals surface area (Å²) in [6.07, 6.45) is -0.964. The van der Waals surface area contributed by atoms with Crippen LogP contribution in [0.2, 0.25) is 0 Å². The fourth-order valence-corrected chi connectivity index (χ4v) is 0.718. The van der Waals surface area contributed by atoms with E-state index in [-0.39, 0.29) is 6.67 Å². The molecule has 6 heteroatoms. The van der Waals surface area contributed by atoms with Gasteiger partial charge in [0.05, 0.1) is 6.67 Å². The summed E-state index contributed by atoms with van der Waals surface area (Å²) in [6, 6.07) is 0. The summed E-state index contributed by atoms with van der Waals surface area (Å²) in [6.45, 7) is 0.258. The summed E-state index contributed by atoms with van der Waals surface area (Å²) >= 11 is 5.30. The molecule has 0 amide bonds. The third kappa shape index (κ3) is 2.05. The molecule has 2 atom stereocenters. The summed E-state index contributed by atoms with van der Waals surface area (Å²) in [5.41, 5.74) is 0. The van der Waals surface area contributed by atoms with Gasteiger partial charge in [-0.25, -0.2) is 5.32 Å². The minimum atomic E-state index is -1.69. The quantitative estimate of drug-likeness (QED) is 0.203. The number of hydrogen-bond acceptors (Lipinski definition) is 5. The van der Waals surface area contributed by atoms with Gasteiger partial charge in [-0.05, 0) is 0 Å². The number of aliphatic hydroxyl groups is 2. The molecule has 2 unspecified atom stereocenters. The van der Waals surface area contributed by atoms with Crippen molar-refractivity contribution in [2.45, 2.75) is 11.7 Å². The normalized spacial score (nSPS) is 45.0. The van der Waals surface area contributed by atoms with Gasteiger partial charge in [0, 0.05) is 0 Å². The topological polar surface area (TPSA) is 76.5 Å². The Morgan fingerprint density at radius 1 is 1.67 bits per heavy atom. The Morgan fingerprint density at radius 2 is 2.33 bits per heavy atom. The van der Waals surface area contributed by atoms with Crippen LogP contribution in [0.5, 0.6) is 0 Å². The standard InChI is InChI=1S/C3H8ClN3O2/c4-3(9)6-1-5-2(8)7-3/h2,5-9H,1H2. The Bertz CT molecular complexity index is 109. The van der Waals surface area contributed by atoms with Gasteiger partial charge in [0.15, 0.2) is 6.35 Å². The van der Waals surface area contributed by atoms with Crippen LogP contribution in [0.1, 0.15) is 0 Å². The molecule has 1 aliphatic rings. The fraction of sp³-hybridized carbons (Fsp3) is 1.00. The number of alkyl halides is 1. The highest BCUT2D eigenvalue weighted by atomic mass is 35.5. The monoisotopic (exact) mass is 153 g/mol. The zero-order valence-electron chi connectivity index (χ0n) is 4.56. The maximum atomic E-state index is 8.89. The van der Waals surface area contributed by atoms with Crippen molar-refractivity contribution in [2.24, 2.45) is 0 Å². The fourth-order valence-electron chi connectivity index (χ4n) is 0.548. The summed E-state index contributed by atoms with van der Waals surface area (Å²) < 4.78 is 0. The Kier molecular flexibility index (Phi) is 1.90. The highest BCUT2D eigenvalue weighted by Crippen LogP contribution is 2.02. The molecule has 0 aliphatic carbocycles. The maximum absolute atomic E-state index is 8.89. The van der Waals surface area contributed by atoms with Gasteiger partial charge in [-0.1, -0.05) is 11.6 Å². The molecule has 0 aromatic rings. The molecule has 0 aromatic carbocycles. The van der Waals surface area contributed by atoms with Crippen molar-refractivity contribution in [1.82, 2.24) is 16.0 Å². The van der Waals surface area contributed by atoms with Crippen LogP contribution in [0.3, 0.4) is 0 Å². The lowest BCUT2D eigenvalue weighted by atomic mass is 10.7. The molecule has 9 heavy (non-hydrogen) atoms. The second-order valence-corrected chi connectivity index (χ2v) is 2.27. The minimum absolute atomic E-state index is 0.258. The highest BCUT2D eigenvalue weighted by molar-refractivity contribution is 6.22. The SMILES string of the molecule is OC1NCNC(O)(Cl)N1. The number of halogens is 1. The van der Waals surface area contributed by atoms with E-state index in [0.29, 0.717) is 0 Å². The molecule has 0 spiro atoms. The number of rotatable bonds is 0. The van der Waals surface area contributed by atoms with E-state index >= 15 is 0 Å². The van der Waals surface area contributed by atoms with Crippen LogP contribution >= 0.6 is 11.6 Å². The Morgan fingerprint density at radius 3 is 2.67 bits per heavy atom. The predicted molar refractivity (Wildman–Crippen MR) is 31.1 cm³/mol. The van der Waals surface area contributed by atoms with Crippen LogP contribution < -0.4 is 16.0 Å². The molecule has 1 heterocycles. The van der Waals surface area contributed by atoms with Gasteiger partial charge in [0.25, 0.3) is 5.31 Å². The lowest BCUT2D eigenvalue weighted by Gasteiger charge is -2.32. The summed E-state index contributed by atoms with van der Waals surface area (Å²) in [4.78, 5) is 0. The third-order valence-corrected chi connectivity index (χ3v) is 1.19. The van der Waals surface area contributed by atoms with Crippen LogP contribution in [0.15, 0.2) is 0 Å². The van der Waals surface area contributed by atoms with E-state index in [1.165, 1.54) is 0 Å². The largest absolute Gasteiger partial charge is 0.365 e. The van der Waals surface area contributed by atoms with Crippen molar-refractivity contribution in [1.29, 1.82) is 0 Å². The van der Waals surface area contributed by atoms with E-state index in [9.17, 15) is 0 Å². The Labute approximate surface area is 57.0 Å². The van der Waals surface area contributed by atoms with Crippen LogP contribution in [0.4, 0.5) is 0 Å². The third-order valence-electron chi connectivity index (χ3n) is 0.946. The second kappa shape index (κ2) is 2.37. The van der Waals surface area contributed by atoms with E-state index in [1.54, 1.807) is 0 Å². The zero-order valence-corrected chi connectivity index (χ0v) is 5.31. The molecule has 1 saturated heterocycles. The molecule has 1 aliphatic heterocycles. The molecular formula is C3H8ClN3O2. The van der Waals surface area contributed by atoms with Gasteiger partial charge in [-0.15, -0.1) is 0 Å². The minimum Gasteiger partial charge on any atom is -0.365 e. The number of nitrogens with one attached hydrogen (secondary N) is 3. The molecule has 5 N–H and O–H groups in total. The summed E-state index contributed by atoms with van der Waals surface area (Å²) in [5.74, 6) is 0. The Hall–Kier alpha value is 0.0900. The molecule has 54 valence electrons. The van der Waals surface area contributed by atoms with Crippen molar-refractivity contribution < 1.29 is 10.2 Å². The van der Waals surface area contributed by atoms with Crippen LogP contribution in [-0.2, 0) is 0 Å². The molecule has 1 fully saturated rings. The molecule has 0 saturated carbocycles. The summed E-state index contributed by atoms with van der Waals surface area (Å²) in [5, 5.41) is 23.1. The van der Waals surface area contributed by atoms with Gasteiger partial charge in [-0.2, -0.15) is 0 Å². The lowest BCUT2D eigenvalue weighted by molar-refractivity contribution is -0.0535. The first kappa shape index (κ1) is 7.20. The van der Waals surface area contributed by atoms with Crippen LogP contribution in [-0.4, -0.2) is 28.5 Å². The summed E-state index contributed by atoms with van der Waals surface area (Å²) in [7, 11) is 0. The Balaban J connectivity index is 2.41. The second-order valence-electron chi connectivity index (χ2n) is 1.73. The van der Waals surface area contributed by atoms with Gasteiger partial charge >= 0.3 is 0 Å². The van der Waals surface area contributed by atoms with E-state index in [1.807, 2.05) is 0 Å². The highest BCUT2D eigenvalue weighted by Gasteiger charge is 2.28. The van der Waals surface area contributed by atoms with E-state index in [2.05, 4.69) is 16.0 Å². The van der Waals surface area contributed by atoms with Gasteiger partial charge in [-0.3, -0.25) is 10.6 Å². The van der Waals surface area contributed by atoms with E-state index in [4.69, 9.17) is 21.8 Å². The van der Waals surface area contributed by atoms with Crippen molar-refractivity contribution in [3.8, 4) is 0 Å². The first-order valence-corrected chi connectivity index (χ1v) is 2.83. The van der Waals surface area contributed by atoms with Crippen LogP contribution in [0.25, 0.3) is 0 Å². The van der Waals surface area contributed by atoms with Crippen molar-refractivity contribution in [2.75, 3.05) is 6.67 Å². The average molecular weight is 154 g/mol. The zero-order chi connectivity index (χ0) is 6.91. The predicted octanol–water partition coefficient (Wildman–Crippen LogP) is -2.16. The van der Waals surface area contributed by atoms with E-state index in [0.717, 1.165) is 0 Å². The number of hydrogen-bond donors (Lipinski definition) is 5. The molecule has 1 rings (SSSR count). The van der Waals surface area contributed by atoms with E-state index < -0.39 is 11.7 Å². The molecule has 0 radical (unpaired) electrons. The first-order chi connectivity index (χ1) is 4.10. The van der Waals surface area contributed by atoms with Gasteiger partial charge < -0.3 is 10.2 Å². The molecular weight excluding hydrogens is 146 g/mol. The molecule has 5 nitrogen and oxygen atoms in total. The maximum Gasteiger partial charge on any atom is 0.257 e. The van der Waals surface area contributed by atoms with Gasteiger partial charge in [0.1, 0.15) is 0 Å². The smallest absolute Gasteiger partial charge is 0.257 e. The van der Waals surface area contributed by atoms with Gasteiger partial charge in [0.2, 0.25) is 0 Å². The van der Waals surface area contributed by atoms with Crippen LogP contribution in [0, 0.1) is 0 Å². The lowest BCUT2D eigenvalue weighted by Crippen LogP contribution is -2.67. The van der Waals surface area contributed by atoms with Crippen molar-refractivity contribution >= 4 is 11.6 Å².